The summed E-state index contributed by atoms with van der Waals surface area (Å²) in [6.07, 6.45) is 1.71. The SMILES string of the molecule is COCOc1c(OC)c(C)cc2c1C1C3Cc4c(OC(C)=O)c(C)c5c(c4[C@H](COC(=O)CCc4ccccc4)N3[C@@H](C#N)[C@H](C2)N1C)OCO5. The van der Waals surface area contributed by atoms with Crippen molar-refractivity contribution in [3.8, 4) is 34.8 Å². The maximum atomic E-state index is 13.4. The van der Waals surface area contributed by atoms with E-state index in [1.54, 1.807) is 14.2 Å². The molecule has 3 aromatic rings. The van der Waals surface area contributed by atoms with Crippen LogP contribution in [0.5, 0.6) is 28.7 Å². The second-order valence-electron chi connectivity index (χ2n) is 13.5. The van der Waals surface area contributed by atoms with Crippen molar-refractivity contribution in [2.75, 3.05) is 41.5 Å². The highest BCUT2D eigenvalue weighted by molar-refractivity contribution is 5.74. The molecule has 0 spiro atoms. The maximum absolute atomic E-state index is 13.4. The van der Waals surface area contributed by atoms with E-state index in [2.05, 4.69) is 21.9 Å². The minimum Gasteiger partial charge on any atom is -0.493 e. The molecule has 2 bridgehead atoms. The number of carbonyl (C=O) groups excluding carboxylic acids is 2. The molecule has 0 saturated carbocycles. The van der Waals surface area contributed by atoms with Gasteiger partial charge in [-0.15, -0.1) is 0 Å². The highest BCUT2D eigenvalue weighted by Crippen LogP contribution is 2.58. The van der Waals surface area contributed by atoms with Crippen molar-refractivity contribution in [1.82, 2.24) is 9.80 Å². The molecule has 51 heavy (non-hydrogen) atoms. The average Bonchev–Trinajstić information content (AvgIpc) is 3.61. The molecule has 5 atom stereocenters. The van der Waals surface area contributed by atoms with Gasteiger partial charge >= 0.3 is 11.9 Å². The summed E-state index contributed by atoms with van der Waals surface area (Å²) in [6, 6.07) is 12.5. The number of hydrogen-bond acceptors (Lipinski definition) is 12. The Kier molecular flexibility index (Phi) is 9.54. The lowest BCUT2D eigenvalue weighted by Gasteiger charge is -2.59. The number of carbonyl (C=O) groups is 2. The summed E-state index contributed by atoms with van der Waals surface area (Å²) < 4.78 is 41.7. The van der Waals surface area contributed by atoms with Crippen LogP contribution in [0.25, 0.3) is 0 Å². The molecule has 4 aliphatic rings. The third kappa shape index (κ3) is 5.93. The fraction of sp³-hybridized carbons (Fsp3) is 0.462. The van der Waals surface area contributed by atoms with E-state index in [0.717, 1.165) is 27.8 Å². The maximum Gasteiger partial charge on any atom is 0.308 e. The summed E-state index contributed by atoms with van der Waals surface area (Å²) in [7, 11) is 5.24. The molecule has 12 heteroatoms. The van der Waals surface area contributed by atoms with Gasteiger partial charge in [0.25, 0.3) is 0 Å². The van der Waals surface area contributed by atoms with E-state index in [1.807, 2.05) is 51.2 Å². The number of fused-ring (bicyclic) bond motifs is 9. The van der Waals surface area contributed by atoms with Gasteiger partial charge in [0, 0.05) is 54.8 Å². The van der Waals surface area contributed by atoms with Gasteiger partial charge in [0.15, 0.2) is 29.8 Å². The van der Waals surface area contributed by atoms with Crippen LogP contribution >= 0.6 is 0 Å². The predicted molar refractivity (Wildman–Crippen MR) is 184 cm³/mol. The normalized spacial score (nSPS) is 23.0. The fourth-order valence-corrected chi connectivity index (χ4v) is 8.65. The lowest BCUT2D eigenvalue weighted by atomic mass is 9.71. The van der Waals surface area contributed by atoms with E-state index in [9.17, 15) is 14.9 Å². The third-order valence-electron chi connectivity index (χ3n) is 10.7. The number of nitriles is 1. The second-order valence-corrected chi connectivity index (χ2v) is 13.5. The molecule has 4 aliphatic heterocycles. The van der Waals surface area contributed by atoms with Gasteiger partial charge in [0.1, 0.15) is 18.4 Å². The zero-order valence-corrected chi connectivity index (χ0v) is 29.8. The predicted octanol–water partition coefficient (Wildman–Crippen LogP) is 4.90. The van der Waals surface area contributed by atoms with Crippen molar-refractivity contribution >= 4 is 11.9 Å². The standard InChI is InChI=1S/C39H43N3O9/c1-21-14-25-15-27-29(17-40)42-28(34(41(27)4)32(25)38(35(21)46-6)48-19-45-5)16-26-33(39-37(49-20-50-39)22(2)36(26)51-23(3)43)30(42)18-47-31(44)13-12-24-10-8-7-9-11-24/h7-11,14,27-30,34H,12-13,15-16,18-20H2,1-6H3/t27-,28?,29-,30-,34?/m0/s1. The summed E-state index contributed by atoms with van der Waals surface area (Å²) in [5.41, 5.74) is 6.09. The Labute approximate surface area is 297 Å². The van der Waals surface area contributed by atoms with Crippen LogP contribution in [-0.4, -0.2) is 81.3 Å². The minimum absolute atomic E-state index is 0.0124. The van der Waals surface area contributed by atoms with Crippen molar-refractivity contribution < 1.29 is 42.7 Å². The van der Waals surface area contributed by atoms with Crippen LogP contribution in [0.2, 0.25) is 0 Å². The number of esters is 2. The first kappa shape index (κ1) is 34.6. The first-order valence-corrected chi connectivity index (χ1v) is 17.2. The Morgan fingerprint density at radius 3 is 2.47 bits per heavy atom. The van der Waals surface area contributed by atoms with Gasteiger partial charge in [-0.2, -0.15) is 5.26 Å². The number of likely N-dealkylation sites (N-methyl/N-ethyl adjacent to an activating group) is 1. The molecule has 7 rings (SSSR count). The topological polar surface area (TPSA) is 129 Å². The average molecular weight is 698 g/mol. The molecule has 0 aliphatic carbocycles. The van der Waals surface area contributed by atoms with Gasteiger partial charge in [-0.25, -0.2) is 0 Å². The van der Waals surface area contributed by atoms with Crippen molar-refractivity contribution in [1.29, 1.82) is 5.26 Å². The van der Waals surface area contributed by atoms with E-state index < -0.39 is 18.1 Å². The number of rotatable bonds is 10. The van der Waals surface area contributed by atoms with Crippen LogP contribution in [0.15, 0.2) is 36.4 Å². The van der Waals surface area contributed by atoms with E-state index in [-0.39, 0.29) is 50.7 Å². The molecule has 3 aromatic carbocycles. The van der Waals surface area contributed by atoms with E-state index in [0.29, 0.717) is 59.1 Å². The van der Waals surface area contributed by atoms with Crippen LogP contribution in [0.1, 0.15) is 64.4 Å². The lowest BCUT2D eigenvalue weighted by Crippen LogP contribution is -2.68. The molecule has 0 amide bonds. The molecule has 0 N–H and O–H groups in total. The summed E-state index contributed by atoms with van der Waals surface area (Å²) in [6.45, 7) is 5.16. The highest BCUT2D eigenvalue weighted by atomic mass is 16.7. The van der Waals surface area contributed by atoms with Crippen LogP contribution < -0.4 is 23.7 Å². The molecule has 0 radical (unpaired) electrons. The lowest BCUT2D eigenvalue weighted by molar-refractivity contribution is -0.149. The third-order valence-corrected chi connectivity index (χ3v) is 10.7. The molecule has 4 heterocycles. The Balaban J connectivity index is 1.38. The van der Waals surface area contributed by atoms with Gasteiger partial charge in [0.05, 0.1) is 25.3 Å². The summed E-state index contributed by atoms with van der Waals surface area (Å²) in [5, 5.41) is 11.0. The van der Waals surface area contributed by atoms with Crippen LogP contribution in [0, 0.1) is 25.2 Å². The molecular formula is C39H43N3O9. The minimum atomic E-state index is -0.620. The van der Waals surface area contributed by atoms with Crippen molar-refractivity contribution in [3.63, 3.8) is 0 Å². The monoisotopic (exact) mass is 697 g/mol. The molecule has 0 aromatic heterocycles. The molecular weight excluding hydrogens is 654 g/mol. The summed E-state index contributed by atoms with van der Waals surface area (Å²) in [4.78, 5) is 30.4. The van der Waals surface area contributed by atoms with Crippen LogP contribution in [-0.2, 0) is 38.3 Å². The second kappa shape index (κ2) is 14.1. The number of ether oxygens (including phenoxy) is 7. The fourth-order valence-electron chi connectivity index (χ4n) is 8.65. The van der Waals surface area contributed by atoms with E-state index in [4.69, 9.17) is 33.2 Å². The van der Waals surface area contributed by atoms with E-state index >= 15 is 0 Å². The number of benzene rings is 3. The first-order chi connectivity index (χ1) is 24.7. The Morgan fingerprint density at radius 2 is 1.76 bits per heavy atom. The summed E-state index contributed by atoms with van der Waals surface area (Å²) in [5.74, 6) is 1.78. The first-order valence-electron chi connectivity index (χ1n) is 17.2. The number of methoxy groups -OCH3 is 2. The number of aryl methyl sites for hydroxylation is 2. The van der Waals surface area contributed by atoms with E-state index in [1.165, 1.54) is 6.92 Å². The molecule has 268 valence electrons. The molecule has 1 saturated heterocycles. The van der Waals surface area contributed by atoms with Gasteiger partial charge < -0.3 is 33.2 Å². The number of piperazine rings is 1. The largest absolute Gasteiger partial charge is 0.493 e. The van der Waals surface area contributed by atoms with Gasteiger partial charge in [-0.05, 0) is 56.8 Å². The smallest absolute Gasteiger partial charge is 0.308 e. The summed E-state index contributed by atoms with van der Waals surface area (Å²) >= 11 is 0. The van der Waals surface area contributed by atoms with Crippen LogP contribution in [0.4, 0.5) is 0 Å². The van der Waals surface area contributed by atoms with Crippen molar-refractivity contribution in [3.05, 3.63) is 75.3 Å². The quantitative estimate of drug-likeness (QED) is 0.162. The van der Waals surface area contributed by atoms with Gasteiger partial charge in [-0.3, -0.25) is 19.4 Å². The Hall–Kier alpha value is -4.83. The number of hydrogen-bond donors (Lipinski definition) is 0. The van der Waals surface area contributed by atoms with Gasteiger partial charge in [0.2, 0.25) is 6.79 Å². The number of nitrogens with zero attached hydrogens (tertiary/aromatic N) is 3. The van der Waals surface area contributed by atoms with Crippen molar-refractivity contribution in [2.24, 2.45) is 0 Å². The molecule has 12 nitrogen and oxygen atoms in total. The Morgan fingerprint density at radius 1 is 1.00 bits per heavy atom. The highest BCUT2D eigenvalue weighted by Gasteiger charge is 2.57. The molecule has 2 unspecified atom stereocenters. The van der Waals surface area contributed by atoms with Crippen molar-refractivity contribution in [2.45, 2.75) is 76.7 Å². The zero-order chi connectivity index (χ0) is 36.0. The van der Waals surface area contributed by atoms with Gasteiger partial charge in [-0.1, -0.05) is 36.4 Å². The molecule has 1 fully saturated rings. The van der Waals surface area contributed by atoms with Crippen LogP contribution in [0.3, 0.4) is 0 Å². The zero-order valence-electron chi connectivity index (χ0n) is 29.8. The Bertz CT molecular complexity index is 1890.